The Morgan fingerprint density at radius 2 is 2.08 bits per heavy atom. The van der Waals surface area contributed by atoms with Crippen molar-refractivity contribution in [2.45, 2.75) is 12.3 Å². The fraction of sp³-hybridized carbons (Fsp3) is 0.250. The first-order chi connectivity index (χ1) is 11.4. The number of halogens is 2. The number of hydrogen-bond acceptors (Lipinski definition) is 4. The van der Waals surface area contributed by atoms with Crippen LogP contribution in [0.1, 0.15) is 18.2 Å². The molecule has 0 radical (unpaired) electrons. The third-order valence-electron chi connectivity index (χ3n) is 3.39. The van der Waals surface area contributed by atoms with Gasteiger partial charge in [-0.2, -0.15) is 0 Å². The Balaban J connectivity index is 2.31. The molecule has 2 rings (SSSR count). The van der Waals surface area contributed by atoms with Crippen LogP contribution in [0.4, 0.5) is 9.93 Å². The number of thiazole rings is 1. The van der Waals surface area contributed by atoms with Gasteiger partial charge in [0.05, 0.1) is 17.7 Å². The third-order valence-corrected chi connectivity index (χ3v) is 4.81. The van der Waals surface area contributed by atoms with E-state index in [2.05, 4.69) is 21.5 Å². The first kappa shape index (κ1) is 18.6. The van der Waals surface area contributed by atoms with Crippen LogP contribution in [0.25, 0.3) is 0 Å². The molecule has 5 nitrogen and oxygen atoms in total. The predicted octanol–water partition coefficient (Wildman–Crippen LogP) is 3.50. The van der Waals surface area contributed by atoms with E-state index in [0.717, 1.165) is 16.9 Å². The number of nitrogens with one attached hydrogen (secondary N) is 2. The van der Waals surface area contributed by atoms with E-state index in [1.807, 2.05) is 19.1 Å². The highest BCUT2D eigenvalue weighted by Gasteiger charge is 2.32. The van der Waals surface area contributed by atoms with Crippen LogP contribution in [0.15, 0.2) is 24.3 Å². The number of rotatable bonds is 5. The first-order valence-electron chi connectivity index (χ1n) is 6.97. The van der Waals surface area contributed by atoms with Gasteiger partial charge in [0.1, 0.15) is 4.34 Å². The van der Waals surface area contributed by atoms with E-state index < -0.39 is 11.4 Å². The highest BCUT2D eigenvalue weighted by Crippen LogP contribution is 2.40. The summed E-state index contributed by atoms with van der Waals surface area (Å²) < 4.78 is 0.392. The predicted molar refractivity (Wildman–Crippen MR) is 98.0 cm³/mol. The maximum absolute atomic E-state index is 11.7. The zero-order chi connectivity index (χ0) is 17.7. The van der Waals surface area contributed by atoms with Gasteiger partial charge in [0.15, 0.2) is 5.13 Å². The number of amides is 2. The first-order valence-corrected chi connectivity index (χ1v) is 8.54. The van der Waals surface area contributed by atoms with E-state index in [1.54, 1.807) is 12.1 Å². The van der Waals surface area contributed by atoms with Gasteiger partial charge in [-0.3, -0.25) is 5.32 Å². The molecule has 1 heterocycles. The summed E-state index contributed by atoms with van der Waals surface area (Å²) >= 11 is 13.3. The number of aromatic nitrogens is 1. The average molecular weight is 384 g/mol. The van der Waals surface area contributed by atoms with Gasteiger partial charge in [-0.15, -0.1) is 6.42 Å². The fourth-order valence-electron chi connectivity index (χ4n) is 2.05. The molecule has 0 saturated heterocycles. The van der Waals surface area contributed by atoms with Crippen molar-refractivity contribution < 1.29 is 9.90 Å². The number of anilines is 1. The van der Waals surface area contributed by atoms with Crippen molar-refractivity contribution in [1.82, 2.24) is 10.3 Å². The summed E-state index contributed by atoms with van der Waals surface area (Å²) in [6.07, 6.45) is 5.75. The van der Waals surface area contributed by atoms with Crippen LogP contribution in [-0.4, -0.2) is 29.3 Å². The summed E-state index contributed by atoms with van der Waals surface area (Å²) in [6, 6.07) is 6.65. The van der Waals surface area contributed by atoms with E-state index in [9.17, 15) is 4.79 Å². The van der Waals surface area contributed by atoms with Gasteiger partial charge in [-0.25, -0.2) is 9.78 Å². The maximum atomic E-state index is 11.7. The van der Waals surface area contributed by atoms with Gasteiger partial charge in [0, 0.05) is 11.6 Å². The fourth-order valence-corrected chi connectivity index (χ4v) is 3.42. The van der Waals surface area contributed by atoms with Crippen molar-refractivity contribution in [3.05, 3.63) is 44.9 Å². The molecule has 0 saturated carbocycles. The van der Waals surface area contributed by atoms with Crippen molar-refractivity contribution in [2.24, 2.45) is 0 Å². The molecule has 1 aromatic heterocycles. The summed E-state index contributed by atoms with van der Waals surface area (Å²) in [5, 5.41) is 14.7. The lowest BCUT2D eigenvalue weighted by Gasteiger charge is -2.22. The molecule has 1 aromatic carbocycles. The van der Waals surface area contributed by atoms with Crippen molar-refractivity contribution in [1.29, 1.82) is 0 Å². The number of aliphatic hydroxyl groups excluding tert-OH is 1. The van der Waals surface area contributed by atoms with Crippen LogP contribution < -0.4 is 10.6 Å². The van der Waals surface area contributed by atoms with Gasteiger partial charge in [0.2, 0.25) is 0 Å². The Bertz CT molecular complexity index is 771. The Kier molecular flexibility index (Phi) is 6.08. The number of carbonyl (C=O) groups excluding carboxylic acids is 1. The van der Waals surface area contributed by atoms with Gasteiger partial charge in [-0.1, -0.05) is 52.6 Å². The Labute approximate surface area is 154 Å². The topological polar surface area (TPSA) is 74.2 Å². The number of nitrogens with zero attached hydrogens (tertiary/aromatic N) is 1. The lowest BCUT2D eigenvalue weighted by molar-refractivity contribution is 0.245. The molecular formula is C16H15Cl2N3O2S. The monoisotopic (exact) mass is 383 g/mol. The molecule has 0 aliphatic heterocycles. The Morgan fingerprint density at radius 1 is 1.42 bits per heavy atom. The van der Waals surface area contributed by atoms with Crippen LogP contribution in [0.3, 0.4) is 0 Å². The zero-order valence-electron chi connectivity index (χ0n) is 12.8. The molecular weight excluding hydrogens is 369 g/mol. The SMILES string of the molecule is C#C[C@@](C)(c1ccc(Cl)cc1)c1nc(NC(=O)NCCO)sc1Cl. The minimum atomic E-state index is -0.861. The minimum Gasteiger partial charge on any atom is -0.395 e. The zero-order valence-corrected chi connectivity index (χ0v) is 15.1. The molecule has 0 aliphatic carbocycles. The van der Waals surface area contributed by atoms with Gasteiger partial charge in [0.25, 0.3) is 0 Å². The third kappa shape index (κ3) is 4.00. The summed E-state index contributed by atoms with van der Waals surface area (Å²) in [7, 11) is 0. The molecule has 0 bridgehead atoms. The van der Waals surface area contributed by atoms with E-state index in [0.29, 0.717) is 20.2 Å². The van der Waals surface area contributed by atoms with Crippen LogP contribution in [-0.2, 0) is 5.41 Å². The lowest BCUT2D eigenvalue weighted by atomic mass is 9.81. The highest BCUT2D eigenvalue weighted by atomic mass is 35.5. The largest absolute Gasteiger partial charge is 0.395 e. The van der Waals surface area contributed by atoms with Crippen LogP contribution >= 0.6 is 34.5 Å². The van der Waals surface area contributed by atoms with Crippen LogP contribution in [0.5, 0.6) is 0 Å². The van der Waals surface area contributed by atoms with E-state index in [-0.39, 0.29) is 13.2 Å². The molecule has 1 atom stereocenters. The van der Waals surface area contributed by atoms with E-state index in [4.69, 9.17) is 34.7 Å². The molecule has 0 fully saturated rings. The minimum absolute atomic E-state index is 0.143. The molecule has 2 aromatic rings. The van der Waals surface area contributed by atoms with Gasteiger partial charge < -0.3 is 10.4 Å². The summed E-state index contributed by atoms with van der Waals surface area (Å²) in [4.78, 5) is 16.0. The van der Waals surface area contributed by atoms with Crippen molar-refractivity contribution >= 4 is 45.7 Å². The second-order valence-electron chi connectivity index (χ2n) is 5.02. The van der Waals surface area contributed by atoms with Gasteiger partial charge >= 0.3 is 6.03 Å². The summed E-state index contributed by atoms with van der Waals surface area (Å²) in [5.74, 6) is 2.73. The highest BCUT2D eigenvalue weighted by molar-refractivity contribution is 7.19. The van der Waals surface area contributed by atoms with Crippen LogP contribution in [0, 0.1) is 12.3 Å². The molecule has 0 spiro atoms. The molecule has 0 unspecified atom stereocenters. The second kappa shape index (κ2) is 7.86. The normalized spacial score (nSPS) is 13.0. The Morgan fingerprint density at radius 3 is 2.67 bits per heavy atom. The van der Waals surface area contributed by atoms with Crippen LogP contribution in [0.2, 0.25) is 9.36 Å². The quantitative estimate of drug-likeness (QED) is 0.691. The summed E-state index contributed by atoms with van der Waals surface area (Å²) in [5.41, 5.74) is 0.439. The lowest BCUT2D eigenvalue weighted by Crippen LogP contribution is -2.31. The number of benzene rings is 1. The number of hydrogen-bond donors (Lipinski definition) is 3. The number of carbonyl (C=O) groups is 1. The van der Waals surface area contributed by atoms with Crippen molar-refractivity contribution in [2.75, 3.05) is 18.5 Å². The van der Waals surface area contributed by atoms with Crippen molar-refractivity contribution in [3.8, 4) is 12.3 Å². The Hall–Kier alpha value is -1.78. The van der Waals surface area contributed by atoms with E-state index >= 15 is 0 Å². The molecule has 24 heavy (non-hydrogen) atoms. The molecule has 3 N–H and O–H groups in total. The van der Waals surface area contributed by atoms with Gasteiger partial charge in [-0.05, 0) is 24.6 Å². The molecule has 0 aliphatic rings. The maximum Gasteiger partial charge on any atom is 0.321 e. The molecule has 8 heteroatoms. The number of terminal acetylenes is 1. The second-order valence-corrected chi connectivity index (χ2v) is 7.06. The number of urea groups is 1. The molecule has 2 amide bonds. The van der Waals surface area contributed by atoms with Crippen molar-refractivity contribution in [3.63, 3.8) is 0 Å². The molecule has 126 valence electrons. The summed E-state index contributed by atoms with van der Waals surface area (Å²) in [6.45, 7) is 1.82. The standard InChI is InChI=1S/C16H15Cl2N3O2S/c1-3-16(2,10-4-6-11(17)7-5-10)12-13(18)24-15(20-12)21-14(23)19-8-9-22/h1,4-7,22H,8-9H2,2H3,(H2,19,20,21,23)/t16-/m0/s1. The smallest absolute Gasteiger partial charge is 0.321 e. The van der Waals surface area contributed by atoms with E-state index in [1.165, 1.54) is 0 Å². The average Bonchev–Trinajstić information content (AvgIpc) is 2.93. The number of aliphatic hydroxyl groups is 1.